The Hall–Kier alpha value is -3.42. The maximum atomic E-state index is 13.8. The third-order valence-corrected chi connectivity index (χ3v) is 5.82. The van der Waals surface area contributed by atoms with Crippen LogP contribution in [0.25, 0.3) is 0 Å². The van der Waals surface area contributed by atoms with E-state index >= 15 is 0 Å². The van der Waals surface area contributed by atoms with Crippen molar-refractivity contribution in [2.24, 2.45) is 0 Å². The van der Waals surface area contributed by atoms with E-state index in [2.05, 4.69) is 15.6 Å². The Bertz CT molecular complexity index is 1190. The Morgan fingerprint density at radius 3 is 2.61 bits per heavy atom. The number of hydrogen-bond acceptors (Lipinski definition) is 5. The summed E-state index contributed by atoms with van der Waals surface area (Å²) in [6, 6.07) is 19.7. The molecule has 0 saturated heterocycles. The third-order valence-electron chi connectivity index (χ3n) is 5.59. The number of aromatic nitrogens is 1. The number of halogens is 1. The molecule has 0 bridgehead atoms. The molecule has 0 radical (unpaired) electrons. The van der Waals surface area contributed by atoms with Crippen molar-refractivity contribution in [3.8, 4) is 5.88 Å². The van der Waals surface area contributed by atoms with Crippen molar-refractivity contribution in [2.75, 3.05) is 17.3 Å². The predicted octanol–water partition coefficient (Wildman–Crippen LogP) is 4.34. The average Bonchev–Trinajstić information content (AvgIpc) is 2.80. The van der Waals surface area contributed by atoms with E-state index < -0.39 is 11.6 Å². The summed E-state index contributed by atoms with van der Waals surface area (Å²) in [5, 5.41) is 6.18. The van der Waals surface area contributed by atoms with Crippen LogP contribution in [0.2, 0.25) is 5.02 Å². The van der Waals surface area contributed by atoms with Crippen LogP contribution in [0, 0.1) is 0 Å². The van der Waals surface area contributed by atoms with Crippen molar-refractivity contribution in [1.82, 2.24) is 10.3 Å². The fraction of sp³-hybridized carbons (Fsp3) is 0.240. The zero-order valence-corrected chi connectivity index (χ0v) is 19.4. The first-order valence-corrected chi connectivity index (χ1v) is 11.0. The van der Waals surface area contributed by atoms with E-state index in [9.17, 15) is 9.59 Å². The molecule has 7 nitrogen and oxygen atoms in total. The number of likely N-dealkylation sites (N-methyl/N-ethyl adjacent to an activating group) is 1. The maximum Gasteiger partial charge on any atom is 0.276 e. The number of nitrogens with zero attached hydrogens (tertiary/aromatic N) is 2. The Morgan fingerprint density at radius 1 is 1.15 bits per heavy atom. The fourth-order valence-corrected chi connectivity index (χ4v) is 3.87. The van der Waals surface area contributed by atoms with Crippen LogP contribution in [0.15, 0.2) is 66.7 Å². The molecule has 2 atom stereocenters. The normalized spacial score (nSPS) is 18.3. The number of nitrogens with one attached hydrogen (secondary N) is 2. The second-order valence-corrected chi connectivity index (χ2v) is 8.57. The Morgan fingerprint density at radius 2 is 1.91 bits per heavy atom. The van der Waals surface area contributed by atoms with Gasteiger partial charge in [0.15, 0.2) is 5.60 Å². The van der Waals surface area contributed by atoms with Gasteiger partial charge in [-0.2, -0.15) is 4.98 Å². The molecular formula is C25H25ClN4O3. The van der Waals surface area contributed by atoms with Crippen molar-refractivity contribution in [3.05, 3.63) is 77.3 Å². The van der Waals surface area contributed by atoms with Gasteiger partial charge in [-0.1, -0.05) is 48.0 Å². The molecule has 8 heteroatoms. The van der Waals surface area contributed by atoms with Gasteiger partial charge in [-0.15, -0.1) is 0 Å². The van der Waals surface area contributed by atoms with Crippen molar-refractivity contribution in [2.45, 2.75) is 31.9 Å². The van der Waals surface area contributed by atoms with Gasteiger partial charge in [-0.05, 0) is 56.8 Å². The third kappa shape index (κ3) is 4.69. The van der Waals surface area contributed by atoms with Crippen LogP contribution < -0.4 is 20.3 Å². The minimum Gasteiger partial charge on any atom is -0.459 e. The SMILES string of the molecule is CN[C@@H](C)C(=O)Nc1ccc2c(n1)OC(C)(Cc1ccccc1)C(=O)N2c1cccc(Cl)c1. The smallest absolute Gasteiger partial charge is 0.276 e. The van der Waals surface area contributed by atoms with Gasteiger partial charge in [0.05, 0.1) is 11.7 Å². The molecule has 170 valence electrons. The summed E-state index contributed by atoms with van der Waals surface area (Å²) in [5.41, 5.74) is 0.825. The molecule has 1 aromatic heterocycles. The average molecular weight is 465 g/mol. The van der Waals surface area contributed by atoms with E-state index in [-0.39, 0.29) is 17.7 Å². The zero-order valence-electron chi connectivity index (χ0n) is 18.6. The first kappa shape index (κ1) is 22.8. The minimum absolute atomic E-state index is 0.226. The summed E-state index contributed by atoms with van der Waals surface area (Å²) in [6.45, 7) is 3.50. The number of rotatable bonds is 6. The summed E-state index contributed by atoms with van der Waals surface area (Å²) in [4.78, 5) is 32.2. The number of amides is 2. The van der Waals surface area contributed by atoms with Crippen LogP contribution in [-0.2, 0) is 16.0 Å². The minimum atomic E-state index is -1.22. The monoisotopic (exact) mass is 464 g/mol. The number of anilines is 3. The highest BCUT2D eigenvalue weighted by Gasteiger charge is 2.46. The Balaban J connectivity index is 1.77. The van der Waals surface area contributed by atoms with Crippen molar-refractivity contribution in [1.29, 1.82) is 0 Å². The van der Waals surface area contributed by atoms with E-state index in [1.54, 1.807) is 56.1 Å². The second-order valence-electron chi connectivity index (χ2n) is 8.14. The molecule has 0 aliphatic carbocycles. The van der Waals surface area contributed by atoms with Gasteiger partial charge in [0.25, 0.3) is 5.91 Å². The Kier molecular flexibility index (Phi) is 6.35. The van der Waals surface area contributed by atoms with Gasteiger partial charge in [0.2, 0.25) is 11.8 Å². The standard InChI is InChI=1S/C25H25ClN4O3/c1-16(27-3)22(31)28-21-13-12-20-23(29-21)33-25(2,15-17-8-5-4-6-9-17)24(32)30(20)19-11-7-10-18(26)14-19/h4-14,16,27H,15H2,1-3H3,(H,28,29,31)/t16-,25?/m0/s1. The molecular weight excluding hydrogens is 440 g/mol. The number of carbonyl (C=O) groups excluding carboxylic acids is 2. The molecule has 1 aliphatic rings. The number of ether oxygens (including phenoxy) is 1. The Labute approximate surface area is 197 Å². The topological polar surface area (TPSA) is 83.6 Å². The molecule has 2 aromatic carbocycles. The van der Waals surface area contributed by atoms with Crippen LogP contribution in [-0.4, -0.2) is 35.5 Å². The molecule has 0 spiro atoms. The van der Waals surface area contributed by atoms with E-state index in [0.29, 0.717) is 28.6 Å². The molecule has 0 saturated carbocycles. The molecule has 1 unspecified atom stereocenters. The molecule has 4 rings (SSSR count). The molecule has 0 fully saturated rings. The summed E-state index contributed by atoms with van der Waals surface area (Å²) in [6.07, 6.45) is 0.345. The first-order valence-electron chi connectivity index (χ1n) is 10.6. The summed E-state index contributed by atoms with van der Waals surface area (Å²) >= 11 is 6.23. The molecule has 33 heavy (non-hydrogen) atoms. The van der Waals surface area contributed by atoms with Gasteiger partial charge in [-0.25, -0.2) is 0 Å². The highest BCUT2D eigenvalue weighted by molar-refractivity contribution is 6.31. The fourth-order valence-electron chi connectivity index (χ4n) is 3.69. The van der Waals surface area contributed by atoms with Crippen LogP contribution >= 0.6 is 11.6 Å². The van der Waals surface area contributed by atoms with Crippen molar-refractivity contribution in [3.63, 3.8) is 0 Å². The number of carbonyl (C=O) groups is 2. The lowest BCUT2D eigenvalue weighted by molar-refractivity contribution is -0.133. The van der Waals surface area contributed by atoms with Crippen LogP contribution in [0.3, 0.4) is 0 Å². The van der Waals surface area contributed by atoms with Crippen LogP contribution in [0.1, 0.15) is 19.4 Å². The number of pyridine rings is 1. The van der Waals surface area contributed by atoms with Gasteiger partial charge < -0.3 is 15.4 Å². The van der Waals surface area contributed by atoms with Gasteiger partial charge in [0, 0.05) is 11.4 Å². The predicted molar refractivity (Wildman–Crippen MR) is 129 cm³/mol. The summed E-state index contributed by atoms with van der Waals surface area (Å²) in [5.74, 6) is 0.130. The van der Waals surface area contributed by atoms with Gasteiger partial charge >= 0.3 is 0 Å². The lowest BCUT2D eigenvalue weighted by Crippen LogP contribution is -2.54. The second kappa shape index (κ2) is 9.21. The van der Waals surface area contributed by atoms with E-state index in [0.717, 1.165) is 5.56 Å². The highest BCUT2D eigenvalue weighted by Crippen LogP contribution is 2.43. The van der Waals surface area contributed by atoms with Crippen molar-refractivity contribution < 1.29 is 14.3 Å². The van der Waals surface area contributed by atoms with Crippen LogP contribution in [0.4, 0.5) is 17.2 Å². The molecule has 2 N–H and O–H groups in total. The quantitative estimate of drug-likeness (QED) is 0.567. The largest absolute Gasteiger partial charge is 0.459 e. The molecule has 2 heterocycles. The van der Waals surface area contributed by atoms with Crippen LogP contribution in [0.5, 0.6) is 5.88 Å². The molecule has 2 amide bonds. The van der Waals surface area contributed by atoms with E-state index in [1.807, 2.05) is 36.4 Å². The highest BCUT2D eigenvalue weighted by atomic mass is 35.5. The van der Waals surface area contributed by atoms with Crippen molar-refractivity contribution >= 4 is 40.6 Å². The van der Waals surface area contributed by atoms with Gasteiger partial charge in [0.1, 0.15) is 11.5 Å². The number of benzene rings is 2. The summed E-state index contributed by atoms with van der Waals surface area (Å²) < 4.78 is 6.22. The van der Waals surface area contributed by atoms with E-state index in [4.69, 9.17) is 16.3 Å². The lowest BCUT2D eigenvalue weighted by atomic mass is 9.92. The maximum absolute atomic E-state index is 13.8. The first-order chi connectivity index (χ1) is 15.8. The summed E-state index contributed by atoms with van der Waals surface area (Å²) in [7, 11) is 1.71. The van der Waals surface area contributed by atoms with E-state index in [1.165, 1.54) is 0 Å². The zero-order chi connectivity index (χ0) is 23.6. The number of fused-ring (bicyclic) bond motifs is 1. The number of hydrogen-bond donors (Lipinski definition) is 2. The lowest BCUT2D eigenvalue weighted by Gasteiger charge is -2.40. The molecule has 1 aliphatic heterocycles. The molecule has 3 aromatic rings. The van der Waals surface area contributed by atoms with Gasteiger partial charge in [-0.3, -0.25) is 14.5 Å².